The minimum absolute atomic E-state index is 0.0984. The molecule has 3 aliphatic heterocycles. The van der Waals surface area contributed by atoms with Gasteiger partial charge in [0.15, 0.2) is 0 Å². The maximum Gasteiger partial charge on any atom is 0.255 e. The number of carbonyl (C=O) groups excluding carboxylic acids is 1. The molecule has 2 fully saturated rings. The lowest BCUT2D eigenvalue weighted by molar-refractivity contribution is -0.0452. The van der Waals surface area contributed by atoms with E-state index in [0.29, 0.717) is 17.2 Å². The summed E-state index contributed by atoms with van der Waals surface area (Å²) in [6.07, 6.45) is 6.08. The van der Waals surface area contributed by atoms with Gasteiger partial charge in [0, 0.05) is 49.2 Å². The van der Waals surface area contributed by atoms with Crippen molar-refractivity contribution in [3.05, 3.63) is 64.9 Å². The highest BCUT2D eigenvalue weighted by molar-refractivity contribution is 6.31. The first-order valence-corrected chi connectivity index (χ1v) is 11.4. The van der Waals surface area contributed by atoms with Gasteiger partial charge in [-0.05, 0) is 48.7 Å². The van der Waals surface area contributed by atoms with Gasteiger partial charge in [0.05, 0.1) is 28.8 Å². The second-order valence-corrected chi connectivity index (χ2v) is 9.59. The summed E-state index contributed by atoms with van der Waals surface area (Å²) in [6.45, 7) is 3.25. The maximum atomic E-state index is 12.7. The number of hydrogen-bond acceptors (Lipinski definition) is 6. The Morgan fingerprint density at radius 2 is 1.84 bits per heavy atom. The normalized spacial score (nSPS) is 24.5. The third kappa shape index (κ3) is 3.50. The monoisotopic (exact) mass is 449 g/mol. The van der Waals surface area contributed by atoms with Gasteiger partial charge in [-0.15, -0.1) is 0 Å². The van der Waals surface area contributed by atoms with Crippen LogP contribution in [0.1, 0.15) is 35.2 Å². The SMILES string of the molecule is O=C1N[C@@]2(COC3(CCN(Cc4ccc5nccnc5c4)CC3)C2)Nc2ccc(Cl)cc21. The Morgan fingerprint density at radius 3 is 2.69 bits per heavy atom. The minimum atomic E-state index is -0.558. The van der Waals surface area contributed by atoms with Crippen molar-refractivity contribution in [3.63, 3.8) is 0 Å². The summed E-state index contributed by atoms with van der Waals surface area (Å²) in [6, 6.07) is 11.7. The number of nitrogens with zero attached hydrogens (tertiary/aromatic N) is 3. The molecular formula is C24H24ClN5O2. The predicted octanol–water partition coefficient (Wildman–Crippen LogP) is 3.59. The summed E-state index contributed by atoms with van der Waals surface area (Å²) in [5.41, 5.74) is 3.72. The molecule has 164 valence electrons. The fourth-order valence-corrected chi connectivity index (χ4v) is 5.45. The summed E-state index contributed by atoms with van der Waals surface area (Å²) in [7, 11) is 0. The number of benzene rings is 2. The van der Waals surface area contributed by atoms with Crippen LogP contribution in [0.2, 0.25) is 5.02 Å². The first-order valence-electron chi connectivity index (χ1n) is 11.0. The maximum absolute atomic E-state index is 12.7. The van der Waals surface area contributed by atoms with Crippen molar-refractivity contribution in [3.8, 4) is 0 Å². The van der Waals surface area contributed by atoms with Crippen LogP contribution < -0.4 is 10.6 Å². The van der Waals surface area contributed by atoms with E-state index in [4.69, 9.17) is 16.3 Å². The van der Waals surface area contributed by atoms with Crippen LogP contribution in [0.4, 0.5) is 5.69 Å². The highest BCUT2D eigenvalue weighted by Gasteiger charge is 2.53. The Labute approximate surface area is 191 Å². The highest BCUT2D eigenvalue weighted by Crippen LogP contribution is 2.43. The molecule has 32 heavy (non-hydrogen) atoms. The summed E-state index contributed by atoms with van der Waals surface area (Å²) in [4.78, 5) is 24.0. The largest absolute Gasteiger partial charge is 0.370 e. The number of halogens is 1. The Hall–Kier alpha value is -2.74. The molecule has 0 aliphatic carbocycles. The lowest BCUT2D eigenvalue weighted by atomic mass is 9.84. The lowest BCUT2D eigenvalue weighted by Crippen LogP contribution is -2.59. The molecule has 0 saturated carbocycles. The molecule has 0 unspecified atom stereocenters. The van der Waals surface area contributed by atoms with E-state index < -0.39 is 5.66 Å². The second-order valence-electron chi connectivity index (χ2n) is 9.16. The lowest BCUT2D eigenvalue weighted by Gasteiger charge is -2.41. The van der Waals surface area contributed by atoms with Crippen LogP contribution in [0.25, 0.3) is 11.0 Å². The third-order valence-corrected chi connectivity index (χ3v) is 7.14. The average Bonchev–Trinajstić information content (AvgIpc) is 3.13. The van der Waals surface area contributed by atoms with Crippen LogP contribution in [-0.2, 0) is 11.3 Å². The van der Waals surface area contributed by atoms with E-state index in [0.717, 1.165) is 55.6 Å². The summed E-state index contributed by atoms with van der Waals surface area (Å²) < 4.78 is 6.37. The van der Waals surface area contributed by atoms with Crippen LogP contribution in [0.3, 0.4) is 0 Å². The van der Waals surface area contributed by atoms with E-state index in [9.17, 15) is 4.79 Å². The second kappa shape index (κ2) is 7.40. The molecule has 7 nitrogen and oxygen atoms in total. The summed E-state index contributed by atoms with van der Waals surface area (Å²) in [5, 5.41) is 7.24. The molecule has 0 bridgehead atoms. The van der Waals surface area contributed by atoms with Crippen LogP contribution in [0.5, 0.6) is 0 Å². The van der Waals surface area contributed by atoms with Crippen LogP contribution >= 0.6 is 11.6 Å². The molecule has 1 atom stereocenters. The number of anilines is 1. The van der Waals surface area contributed by atoms with Gasteiger partial charge in [-0.25, -0.2) is 0 Å². The van der Waals surface area contributed by atoms with Gasteiger partial charge in [-0.3, -0.25) is 19.7 Å². The molecule has 2 aromatic carbocycles. The van der Waals surface area contributed by atoms with E-state index in [1.807, 2.05) is 18.2 Å². The number of carbonyl (C=O) groups is 1. The van der Waals surface area contributed by atoms with Crippen molar-refractivity contribution in [2.75, 3.05) is 25.0 Å². The molecule has 3 aromatic rings. The number of hydrogen-bond donors (Lipinski definition) is 2. The predicted molar refractivity (Wildman–Crippen MR) is 123 cm³/mol. The fraction of sp³-hybridized carbons (Fsp3) is 0.375. The number of rotatable bonds is 2. The van der Waals surface area contributed by atoms with Crippen LogP contribution in [0, 0.1) is 0 Å². The van der Waals surface area contributed by atoms with E-state index in [-0.39, 0.29) is 11.5 Å². The molecule has 3 aliphatic rings. The van der Waals surface area contributed by atoms with Crippen molar-refractivity contribution < 1.29 is 9.53 Å². The van der Waals surface area contributed by atoms with Crippen molar-refractivity contribution in [2.24, 2.45) is 0 Å². The van der Waals surface area contributed by atoms with Crippen molar-refractivity contribution in [1.82, 2.24) is 20.2 Å². The first-order chi connectivity index (χ1) is 15.5. The van der Waals surface area contributed by atoms with Crippen LogP contribution in [-0.4, -0.2) is 51.7 Å². The van der Waals surface area contributed by atoms with Gasteiger partial charge in [0.1, 0.15) is 5.66 Å². The van der Waals surface area contributed by atoms with Gasteiger partial charge < -0.3 is 15.4 Å². The molecular weight excluding hydrogens is 426 g/mol. The molecule has 1 aromatic heterocycles. The molecule has 2 N–H and O–H groups in total. The van der Waals surface area contributed by atoms with E-state index in [1.54, 1.807) is 18.5 Å². The number of amides is 1. The molecule has 8 heteroatoms. The zero-order chi connectivity index (χ0) is 21.8. The molecule has 1 amide bonds. The quantitative estimate of drug-likeness (QED) is 0.622. The molecule has 4 heterocycles. The number of fused-ring (bicyclic) bond motifs is 2. The molecule has 2 saturated heterocycles. The Kier molecular flexibility index (Phi) is 4.61. The topological polar surface area (TPSA) is 79.4 Å². The zero-order valence-corrected chi connectivity index (χ0v) is 18.4. The zero-order valence-electron chi connectivity index (χ0n) is 17.6. The number of ether oxygens (including phenoxy) is 1. The molecule has 0 radical (unpaired) electrons. The number of piperidine rings is 1. The number of nitrogens with one attached hydrogen (secondary N) is 2. The Morgan fingerprint density at radius 1 is 1.03 bits per heavy atom. The average molecular weight is 450 g/mol. The standard InChI is InChI=1S/C24H24ClN5O2/c25-17-2-4-19-18(12-17)22(31)29-24(28-19)14-23(32-15-24)5-9-30(10-6-23)13-16-1-3-20-21(11-16)27-8-7-26-20/h1-4,7-8,11-12,28H,5-6,9-10,13-15H2,(H,29,31)/t24-/m0/s1. The van der Waals surface area contributed by atoms with E-state index in [2.05, 4.69) is 37.6 Å². The van der Waals surface area contributed by atoms with Gasteiger partial charge in [-0.1, -0.05) is 17.7 Å². The van der Waals surface area contributed by atoms with Gasteiger partial charge in [0.25, 0.3) is 5.91 Å². The van der Waals surface area contributed by atoms with E-state index >= 15 is 0 Å². The van der Waals surface area contributed by atoms with Crippen molar-refractivity contribution in [1.29, 1.82) is 0 Å². The van der Waals surface area contributed by atoms with Crippen molar-refractivity contribution in [2.45, 2.75) is 37.1 Å². The van der Waals surface area contributed by atoms with E-state index in [1.165, 1.54) is 5.56 Å². The van der Waals surface area contributed by atoms with Crippen molar-refractivity contribution >= 4 is 34.2 Å². The summed E-state index contributed by atoms with van der Waals surface area (Å²) >= 11 is 6.07. The third-order valence-electron chi connectivity index (χ3n) is 6.91. The summed E-state index contributed by atoms with van der Waals surface area (Å²) in [5.74, 6) is -0.0984. The highest BCUT2D eigenvalue weighted by atomic mass is 35.5. The van der Waals surface area contributed by atoms with Gasteiger partial charge >= 0.3 is 0 Å². The molecule has 6 rings (SSSR count). The first kappa shape index (κ1) is 19.9. The smallest absolute Gasteiger partial charge is 0.255 e. The Bertz CT molecular complexity index is 1210. The van der Waals surface area contributed by atoms with Crippen LogP contribution in [0.15, 0.2) is 48.8 Å². The van der Waals surface area contributed by atoms with Gasteiger partial charge in [0.2, 0.25) is 0 Å². The number of likely N-dealkylation sites (tertiary alicyclic amines) is 1. The minimum Gasteiger partial charge on any atom is -0.370 e. The fourth-order valence-electron chi connectivity index (χ4n) is 5.28. The Balaban J connectivity index is 1.12. The number of aromatic nitrogens is 2. The molecule has 2 spiro atoms. The van der Waals surface area contributed by atoms with Gasteiger partial charge in [-0.2, -0.15) is 0 Å².